The summed E-state index contributed by atoms with van der Waals surface area (Å²) in [5, 5.41) is 3.42. The second-order valence-electron chi connectivity index (χ2n) is 5.60. The van der Waals surface area contributed by atoms with Crippen molar-refractivity contribution in [2.24, 2.45) is 5.92 Å². The van der Waals surface area contributed by atoms with E-state index in [2.05, 4.69) is 64.3 Å². The molecule has 1 saturated heterocycles. The first kappa shape index (κ1) is 14.9. The van der Waals surface area contributed by atoms with Crippen molar-refractivity contribution in [1.29, 1.82) is 0 Å². The molecule has 0 amide bonds. The fraction of sp³-hybridized carbons (Fsp3) is 0.333. The lowest BCUT2D eigenvalue weighted by molar-refractivity contribution is 0.372. The van der Waals surface area contributed by atoms with Gasteiger partial charge in [-0.15, -0.1) is 0 Å². The van der Waals surface area contributed by atoms with Crippen LogP contribution in [-0.4, -0.2) is 13.1 Å². The van der Waals surface area contributed by atoms with E-state index < -0.39 is 0 Å². The Labute approximate surface area is 140 Å². The van der Waals surface area contributed by atoms with Gasteiger partial charge in [-0.1, -0.05) is 12.1 Å². The number of halogens is 1. The van der Waals surface area contributed by atoms with Crippen LogP contribution in [0.1, 0.15) is 18.4 Å². The number of hydrogen-bond acceptors (Lipinski definition) is 2. The summed E-state index contributed by atoms with van der Waals surface area (Å²) < 4.78 is 7.08. The lowest BCUT2D eigenvalue weighted by atomic mass is 9.91. The molecule has 1 heterocycles. The maximum Gasteiger partial charge on any atom is 0.127 e. The summed E-state index contributed by atoms with van der Waals surface area (Å²) in [6.45, 7) is 2.33. The molecule has 21 heavy (non-hydrogen) atoms. The third-order valence-electron chi connectivity index (χ3n) is 3.96. The van der Waals surface area contributed by atoms with Gasteiger partial charge in [0, 0.05) is 3.57 Å². The maximum absolute atomic E-state index is 5.86. The zero-order valence-corrected chi connectivity index (χ0v) is 14.2. The van der Waals surface area contributed by atoms with Gasteiger partial charge >= 0.3 is 0 Å². The molecule has 0 spiro atoms. The largest absolute Gasteiger partial charge is 0.457 e. The Morgan fingerprint density at radius 2 is 1.48 bits per heavy atom. The molecule has 2 aromatic carbocycles. The zero-order chi connectivity index (χ0) is 14.5. The van der Waals surface area contributed by atoms with E-state index in [4.69, 9.17) is 4.74 Å². The molecule has 3 heteroatoms. The predicted octanol–water partition coefficient (Wildman–Crippen LogP) is 4.63. The topological polar surface area (TPSA) is 21.3 Å². The molecule has 0 radical (unpaired) electrons. The van der Waals surface area contributed by atoms with Crippen molar-refractivity contribution in [3.63, 3.8) is 0 Å². The smallest absolute Gasteiger partial charge is 0.127 e. The van der Waals surface area contributed by atoms with Crippen molar-refractivity contribution in [2.45, 2.75) is 19.3 Å². The molecule has 3 rings (SSSR count). The fourth-order valence-electron chi connectivity index (χ4n) is 2.75. The van der Waals surface area contributed by atoms with E-state index in [1.807, 2.05) is 12.1 Å². The summed E-state index contributed by atoms with van der Waals surface area (Å²) in [6.07, 6.45) is 3.77. The van der Waals surface area contributed by atoms with E-state index in [0.29, 0.717) is 0 Å². The third kappa shape index (κ3) is 4.45. The van der Waals surface area contributed by atoms with Gasteiger partial charge < -0.3 is 10.1 Å². The molecule has 0 atom stereocenters. The van der Waals surface area contributed by atoms with Gasteiger partial charge in [-0.05, 0) is 103 Å². The second-order valence-corrected chi connectivity index (χ2v) is 6.84. The molecule has 0 unspecified atom stereocenters. The average molecular weight is 393 g/mol. The highest BCUT2D eigenvalue weighted by Crippen LogP contribution is 2.24. The number of benzene rings is 2. The zero-order valence-electron chi connectivity index (χ0n) is 12.0. The molecule has 1 aliphatic rings. The Kier molecular flexibility index (Phi) is 5.14. The van der Waals surface area contributed by atoms with Gasteiger partial charge in [-0.25, -0.2) is 0 Å². The summed E-state index contributed by atoms with van der Waals surface area (Å²) >= 11 is 2.30. The van der Waals surface area contributed by atoms with Crippen LogP contribution in [0.25, 0.3) is 0 Å². The minimum Gasteiger partial charge on any atom is -0.457 e. The number of piperidine rings is 1. The molecule has 0 saturated carbocycles. The molecule has 1 aliphatic heterocycles. The Hall–Kier alpha value is -1.07. The highest BCUT2D eigenvalue weighted by Gasteiger charge is 2.13. The fourth-order valence-corrected chi connectivity index (χ4v) is 3.11. The predicted molar refractivity (Wildman–Crippen MR) is 95.0 cm³/mol. The van der Waals surface area contributed by atoms with E-state index >= 15 is 0 Å². The maximum atomic E-state index is 5.86. The van der Waals surface area contributed by atoms with Gasteiger partial charge in [-0.2, -0.15) is 0 Å². The Bertz CT molecular complexity index is 559. The molecular weight excluding hydrogens is 373 g/mol. The molecule has 1 fully saturated rings. The van der Waals surface area contributed by atoms with Gasteiger partial charge in [0.15, 0.2) is 0 Å². The molecule has 0 bridgehead atoms. The quantitative estimate of drug-likeness (QED) is 0.766. The first-order chi connectivity index (χ1) is 10.3. The van der Waals surface area contributed by atoms with Gasteiger partial charge in [0.2, 0.25) is 0 Å². The number of hydrogen-bond donors (Lipinski definition) is 1. The van der Waals surface area contributed by atoms with Crippen molar-refractivity contribution in [3.8, 4) is 11.5 Å². The third-order valence-corrected chi connectivity index (χ3v) is 4.67. The van der Waals surface area contributed by atoms with Crippen molar-refractivity contribution in [1.82, 2.24) is 5.32 Å². The van der Waals surface area contributed by atoms with E-state index in [1.165, 1.54) is 41.5 Å². The van der Waals surface area contributed by atoms with Crippen LogP contribution in [0.2, 0.25) is 0 Å². The Morgan fingerprint density at radius 1 is 0.905 bits per heavy atom. The second kappa shape index (κ2) is 7.27. The van der Waals surface area contributed by atoms with Crippen LogP contribution in [0.5, 0.6) is 11.5 Å². The first-order valence-corrected chi connectivity index (χ1v) is 8.60. The number of ether oxygens (including phenoxy) is 1. The minimum atomic E-state index is 0.828. The molecule has 110 valence electrons. The van der Waals surface area contributed by atoms with Crippen molar-refractivity contribution >= 4 is 22.6 Å². The molecule has 2 aromatic rings. The first-order valence-electron chi connectivity index (χ1n) is 7.53. The molecule has 2 nitrogen and oxygen atoms in total. The van der Waals surface area contributed by atoms with Crippen LogP contribution in [0.15, 0.2) is 48.5 Å². The van der Waals surface area contributed by atoms with Gasteiger partial charge in [0.25, 0.3) is 0 Å². The van der Waals surface area contributed by atoms with Crippen LogP contribution < -0.4 is 10.1 Å². The van der Waals surface area contributed by atoms with Crippen LogP contribution >= 0.6 is 22.6 Å². The number of rotatable bonds is 4. The Balaban J connectivity index is 1.59. The molecule has 0 aromatic heterocycles. The minimum absolute atomic E-state index is 0.828. The van der Waals surface area contributed by atoms with Crippen LogP contribution in [0.3, 0.4) is 0 Å². The van der Waals surface area contributed by atoms with Crippen LogP contribution in [0.4, 0.5) is 0 Å². The normalized spacial score (nSPS) is 15.9. The van der Waals surface area contributed by atoms with Crippen molar-refractivity contribution < 1.29 is 4.74 Å². The SMILES string of the molecule is Ic1ccc(Oc2ccc(CC3CCNCC3)cc2)cc1. The van der Waals surface area contributed by atoms with E-state index in [9.17, 15) is 0 Å². The van der Waals surface area contributed by atoms with Crippen LogP contribution in [-0.2, 0) is 6.42 Å². The molecule has 1 N–H and O–H groups in total. The summed E-state index contributed by atoms with van der Waals surface area (Å²) in [6, 6.07) is 16.7. The van der Waals surface area contributed by atoms with Crippen LogP contribution in [0, 0.1) is 9.49 Å². The molecular formula is C18H20INO. The highest BCUT2D eigenvalue weighted by atomic mass is 127. The lowest BCUT2D eigenvalue weighted by Crippen LogP contribution is -2.28. The highest BCUT2D eigenvalue weighted by molar-refractivity contribution is 14.1. The van der Waals surface area contributed by atoms with E-state index in [0.717, 1.165) is 17.4 Å². The van der Waals surface area contributed by atoms with Gasteiger partial charge in [0.1, 0.15) is 11.5 Å². The monoisotopic (exact) mass is 393 g/mol. The van der Waals surface area contributed by atoms with Gasteiger partial charge in [0.05, 0.1) is 0 Å². The van der Waals surface area contributed by atoms with Crippen molar-refractivity contribution in [3.05, 3.63) is 57.7 Å². The van der Waals surface area contributed by atoms with E-state index in [1.54, 1.807) is 0 Å². The average Bonchev–Trinajstić information content (AvgIpc) is 2.53. The summed E-state index contributed by atoms with van der Waals surface area (Å²) in [5.74, 6) is 2.63. The molecule has 0 aliphatic carbocycles. The lowest BCUT2D eigenvalue weighted by Gasteiger charge is -2.22. The van der Waals surface area contributed by atoms with Crippen molar-refractivity contribution in [2.75, 3.05) is 13.1 Å². The van der Waals surface area contributed by atoms with Gasteiger partial charge in [-0.3, -0.25) is 0 Å². The standard InChI is InChI=1S/C18H20INO/c19-16-3-7-18(8-4-16)21-17-5-1-14(2-6-17)13-15-9-11-20-12-10-15/h1-8,15,20H,9-13H2. The summed E-state index contributed by atoms with van der Waals surface area (Å²) in [5.41, 5.74) is 1.41. The summed E-state index contributed by atoms with van der Waals surface area (Å²) in [7, 11) is 0. The number of nitrogens with one attached hydrogen (secondary N) is 1. The Morgan fingerprint density at radius 3 is 2.10 bits per heavy atom. The summed E-state index contributed by atoms with van der Waals surface area (Å²) in [4.78, 5) is 0. The van der Waals surface area contributed by atoms with E-state index in [-0.39, 0.29) is 0 Å².